The Hall–Kier alpha value is -2.29. The minimum Gasteiger partial charge on any atom is -0.454 e. The summed E-state index contributed by atoms with van der Waals surface area (Å²) in [4.78, 5) is 15.4. The van der Waals surface area contributed by atoms with Crippen LogP contribution in [-0.4, -0.2) is 17.7 Å². The molecule has 9 heteroatoms. The number of nitrogens with zero attached hydrogens (tertiary/aromatic N) is 1. The normalized spacial score (nSPS) is 13.3. The van der Waals surface area contributed by atoms with Gasteiger partial charge >= 0.3 is 6.18 Å². The summed E-state index contributed by atoms with van der Waals surface area (Å²) in [5, 5.41) is 3.02. The van der Waals surface area contributed by atoms with Crippen LogP contribution in [0.1, 0.15) is 16.1 Å². The van der Waals surface area contributed by atoms with Gasteiger partial charge in [-0.2, -0.15) is 13.2 Å². The smallest absolute Gasteiger partial charge is 0.434 e. The lowest BCUT2D eigenvalue weighted by molar-refractivity contribution is -0.140. The van der Waals surface area contributed by atoms with Crippen LogP contribution < -0.4 is 14.8 Å². The third kappa shape index (κ3) is 2.64. The number of aromatic nitrogens is 1. The van der Waals surface area contributed by atoms with Crippen molar-refractivity contribution in [3.63, 3.8) is 0 Å². The molecule has 0 bridgehead atoms. The molecule has 1 aromatic heterocycles. The van der Waals surface area contributed by atoms with Gasteiger partial charge in [0.1, 0.15) is 0 Å². The van der Waals surface area contributed by atoms with Crippen LogP contribution in [0.25, 0.3) is 0 Å². The van der Waals surface area contributed by atoms with E-state index in [9.17, 15) is 18.0 Å². The summed E-state index contributed by atoms with van der Waals surface area (Å²) in [5.74, 6) is 0.0702. The highest BCUT2D eigenvalue weighted by Crippen LogP contribution is 2.36. The van der Waals surface area contributed by atoms with E-state index >= 15 is 0 Å². The van der Waals surface area contributed by atoms with Gasteiger partial charge in [0, 0.05) is 5.38 Å². The number of hydrogen-bond acceptors (Lipinski definition) is 5. The first-order valence-electron chi connectivity index (χ1n) is 5.68. The predicted octanol–water partition coefficient (Wildman–Crippen LogP) is 3.14. The average Bonchev–Trinajstić information content (AvgIpc) is 3.05. The zero-order valence-electron chi connectivity index (χ0n) is 10.2. The number of rotatable bonds is 2. The quantitative estimate of drug-likeness (QED) is 0.924. The highest BCUT2D eigenvalue weighted by atomic mass is 32.1. The monoisotopic (exact) mass is 316 g/mol. The van der Waals surface area contributed by atoms with Crippen molar-refractivity contribution in [3.05, 3.63) is 34.8 Å². The second kappa shape index (κ2) is 4.92. The molecule has 0 aliphatic carbocycles. The van der Waals surface area contributed by atoms with Crippen LogP contribution in [0, 0.1) is 0 Å². The first-order chi connectivity index (χ1) is 9.95. The molecule has 5 nitrogen and oxygen atoms in total. The van der Waals surface area contributed by atoms with Crippen molar-refractivity contribution >= 4 is 22.4 Å². The number of carbonyl (C=O) groups excluding carboxylic acids is 1. The topological polar surface area (TPSA) is 60.5 Å². The molecule has 2 heterocycles. The van der Waals surface area contributed by atoms with Crippen molar-refractivity contribution in [1.29, 1.82) is 0 Å². The Bertz CT molecular complexity index is 699. The molecule has 0 spiro atoms. The molecule has 21 heavy (non-hydrogen) atoms. The van der Waals surface area contributed by atoms with Crippen LogP contribution in [-0.2, 0) is 6.18 Å². The van der Waals surface area contributed by atoms with E-state index in [0.717, 1.165) is 5.38 Å². The van der Waals surface area contributed by atoms with Crippen molar-refractivity contribution in [2.75, 3.05) is 12.1 Å². The van der Waals surface area contributed by atoms with Gasteiger partial charge in [-0.1, -0.05) is 6.07 Å². The number of hydrogen-bond donors (Lipinski definition) is 1. The lowest BCUT2D eigenvalue weighted by atomic mass is 10.2. The number of ether oxygens (including phenoxy) is 2. The van der Waals surface area contributed by atoms with E-state index in [0.29, 0.717) is 17.1 Å². The molecule has 2 aromatic rings. The third-order valence-electron chi connectivity index (χ3n) is 2.66. The molecule has 1 amide bonds. The van der Waals surface area contributed by atoms with E-state index in [1.54, 1.807) is 12.1 Å². The van der Waals surface area contributed by atoms with Gasteiger partial charge in [0.2, 0.25) is 6.79 Å². The molecule has 0 unspecified atom stereocenters. The van der Waals surface area contributed by atoms with Gasteiger partial charge in [-0.05, 0) is 12.1 Å². The molecule has 1 aliphatic heterocycles. The Morgan fingerprint density at radius 3 is 2.86 bits per heavy atom. The number of para-hydroxylation sites is 1. The highest BCUT2D eigenvalue weighted by Gasteiger charge is 2.34. The van der Waals surface area contributed by atoms with Crippen LogP contribution >= 0.6 is 11.3 Å². The maximum Gasteiger partial charge on any atom is 0.434 e. The van der Waals surface area contributed by atoms with Gasteiger partial charge in [-0.25, -0.2) is 4.98 Å². The largest absolute Gasteiger partial charge is 0.454 e. The second-order valence-electron chi connectivity index (χ2n) is 4.03. The molecule has 1 N–H and O–H groups in total. The first kappa shape index (κ1) is 13.7. The maximum absolute atomic E-state index is 12.4. The Labute approximate surface area is 120 Å². The molecular weight excluding hydrogens is 309 g/mol. The van der Waals surface area contributed by atoms with Crippen molar-refractivity contribution in [2.24, 2.45) is 0 Å². The molecular formula is C12H7F3N2O3S. The number of nitrogens with one attached hydrogen (secondary N) is 1. The fraction of sp³-hybridized carbons (Fsp3) is 0.167. The van der Waals surface area contributed by atoms with Crippen LogP contribution in [0.5, 0.6) is 11.5 Å². The van der Waals surface area contributed by atoms with Crippen LogP contribution in [0.2, 0.25) is 0 Å². The Morgan fingerprint density at radius 2 is 2.14 bits per heavy atom. The van der Waals surface area contributed by atoms with Gasteiger partial charge < -0.3 is 9.47 Å². The molecule has 0 saturated carbocycles. The number of amides is 1. The summed E-state index contributed by atoms with van der Waals surface area (Å²) >= 11 is 0.698. The van der Waals surface area contributed by atoms with Gasteiger partial charge in [0.25, 0.3) is 5.91 Å². The average molecular weight is 316 g/mol. The maximum atomic E-state index is 12.4. The number of benzene rings is 1. The Balaban J connectivity index is 1.81. The number of thiazole rings is 1. The van der Waals surface area contributed by atoms with E-state index in [1.807, 2.05) is 0 Å². The van der Waals surface area contributed by atoms with Crippen molar-refractivity contribution in [2.45, 2.75) is 6.18 Å². The molecule has 0 atom stereocenters. The Kier molecular flexibility index (Phi) is 3.20. The number of carbonyl (C=O) groups is 1. The van der Waals surface area contributed by atoms with E-state index < -0.39 is 17.8 Å². The fourth-order valence-corrected chi connectivity index (χ4v) is 2.45. The van der Waals surface area contributed by atoms with E-state index in [2.05, 4.69) is 10.3 Å². The summed E-state index contributed by atoms with van der Waals surface area (Å²) in [6.45, 7) is -0.00486. The van der Waals surface area contributed by atoms with Crippen molar-refractivity contribution in [3.8, 4) is 11.5 Å². The van der Waals surface area contributed by atoms with E-state index in [-0.39, 0.29) is 23.2 Å². The van der Waals surface area contributed by atoms with Gasteiger partial charge in [0.05, 0.1) is 5.56 Å². The van der Waals surface area contributed by atoms with Gasteiger partial charge in [-0.3, -0.25) is 10.1 Å². The molecule has 110 valence electrons. The minimum atomic E-state index is -4.54. The number of halogens is 3. The highest BCUT2D eigenvalue weighted by molar-refractivity contribution is 7.14. The third-order valence-corrected chi connectivity index (χ3v) is 3.41. The fourth-order valence-electron chi connectivity index (χ4n) is 1.73. The molecule has 1 aromatic carbocycles. The molecule has 1 aliphatic rings. The number of anilines is 1. The SMILES string of the molecule is O=C(Nc1nc(C(F)(F)F)cs1)c1cccc2c1OCO2. The number of fused-ring (bicyclic) bond motifs is 1. The van der Waals surface area contributed by atoms with Crippen molar-refractivity contribution < 1.29 is 27.4 Å². The van der Waals surface area contributed by atoms with E-state index in [1.165, 1.54) is 6.07 Å². The first-order valence-corrected chi connectivity index (χ1v) is 6.56. The van der Waals surface area contributed by atoms with Crippen LogP contribution in [0.3, 0.4) is 0 Å². The van der Waals surface area contributed by atoms with Crippen LogP contribution in [0.15, 0.2) is 23.6 Å². The van der Waals surface area contributed by atoms with Gasteiger partial charge in [0.15, 0.2) is 22.3 Å². The standard InChI is InChI=1S/C12H7F3N2O3S/c13-12(14,15)8-4-21-11(16-8)17-10(18)6-2-1-3-7-9(6)20-5-19-7/h1-4H,5H2,(H,16,17,18). The van der Waals surface area contributed by atoms with E-state index in [4.69, 9.17) is 9.47 Å². The lowest BCUT2D eigenvalue weighted by Gasteiger charge is -2.05. The minimum absolute atomic E-state index is 0.00486. The predicted molar refractivity (Wildman–Crippen MR) is 67.6 cm³/mol. The summed E-state index contributed by atoms with van der Waals surface area (Å²) in [6, 6.07) is 4.71. The summed E-state index contributed by atoms with van der Waals surface area (Å²) in [6.07, 6.45) is -4.54. The molecule has 0 radical (unpaired) electrons. The molecule has 3 rings (SSSR count). The molecule has 0 saturated heterocycles. The molecule has 0 fully saturated rings. The lowest BCUT2D eigenvalue weighted by Crippen LogP contribution is -2.13. The van der Waals surface area contributed by atoms with Crippen molar-refractivity contribution in [1.82, 2.24) is 4.98 Å². The summed E-state index contributed by atoms with van der Waals surface area (Å²) in [5.41, 5.74) is -0.866. The zero-order chi connectivity index (χ0) is 15.0. The summed E-state index contributed by atoms with van der Waals surface area (Å²) < 4.78 is 47.6. The zero-order valence-corrected chi connectivity index (χ0v) is 11.0. The summed E-state index contributed by atoms with van der Waals surface area (Å²) in [7, 11) is 0. The second-order valence-corrected chi connectivity index (χ2v) is 4.89. The van der Waals surface area contributed by atoms with Crippen LogP contribution in [0.4, 0.5) is 18.3 Å². The Morgan fingerprint density at radius 1 is 1.33 bits per heavy atom. The van der Waals surface area contributed by atoms with Gasteiger partial charge in [-0.15, -0.1) is 11.3 Å². The number of alkyl halides is 3.